The Morgan fingerprint density at radius 3 is 2.34 bits per heavy atom. The maximum absolute atomic E-state index is 14.2. The van der Waals surface area contributed by atoms with Crippen molar-refractivity contribution >= 4 is 60.8 Å². The van der Waals surface area contributed by atoms with Gasteiger partial charge in [-0.05, 0) is 118 Å². The van der Waals surface area contributed by atoms with E-state index in [0.717, 1.165) is 59.4 Å². The van der Waals surface area contributed by atoms with Crippen molar-refractivity contribution in [2.45, 2.75) is 77.3 Å². The average Bonchev–Trinajstić information content (AvgIpc) is 3.25. The first-order chi connectivity index (χ1) is 29.6. The molecule has 0 amide bonds. The monoisotopic (exact) mass is 924 g/mol. The summed E-state index contributed by atoms with van der Waals surface area (Å²) in [5.74, 6) is 0.410. The predicted octanol–water partition coefficient (Wildman–Crippen LogP) is 9.80. The van der Waals surface area contributed by atoms with Crippen LogP contribution in [0.15, 0.2) is 124 Å². The van der Waals surface area contributed by atoms with Crippen LogP contribution in [0.4, 0.5) is 24.7 Å². The van der Waals surface area contributed by atoms with Crippen molar-refractivity contribution < 1.29 is 30.0 Å². The van der Waals surface area contributed by atoms with Gasteiger partial charge in [-0.15, -0.1) is 11.8 Å². The van der Waals surface area contributed by atoms with Crippen molar-refractivity contribution in [2.75, 3.05) is 43.0 Å². The van der Waals surface area contributed by atoms with Crippen LogP contribution in [-0.2, 0) is 32.8 Å². The Balaban J connectivity index is 1.06. The molecule has 0 saturated heterocycles. The number of anilines is 2. The largest absolute Gasteiger partial charge is 0.501 e. The van der Waals surface area contributed by atoms with Crippen molar-refractivity contribution in [3.05, 3.63) is 131 Å². The van der Waals surface area contributed by atoms with Crippen LogP contribution in [0.5, 0.6) is 0 Å². The van der Waals surface area contributed by atoms with E-state index in [1.807, 2.05) is 85.7 Å². The van der Waals surface area contributed by atoms with Crippen LogP contribution in [-0.4, -0.2) is 87.1 Å². The molecule has 1 fully saturated rings. The highest BCUT2D eigenvalue weighted by Crippen LogP contribution is 2.38. The molecule has 0 radical (unpaired) electrons. The summed E-state index contributed by atoms with van der Waals surface area (Å²) < 4.78 is 98.8. The number of aromatic nitrogens is 2. The zero-order valence-electron chi connectivity index (χ0n) is 34.3. The van der Waals surface area contributed by atoms with E-state index in [1.165, 1.54) is 23.7 Å². The third kappa shape index (κ3) is 11.0. The van der Waals surface area contributed by atoms with Gasteiger partial charge in [0.25, 0.3) is 19.9 Å². The zero-order chi connectivity index (χ0) is 44.1. The van der Waals surface area contributed by atoms with Gasteiger partial charge in [-0.2, -0.15) is 13.2 Å². The van der Waals surface area contributed by atoms with E-state index < -0.39 is 41.2 Å². The summed E-state index contributed by atoms with van der Waals surface area (Å²) in [5.41, 5.74) is -0.00838. The van der Waals surface area contributed by atoms with Crippen LogP contribution in [0.25, 0.3) is 17.2 Å². The molecule has 0 bridgehead atoms. The Morgan fingerprint density at radius 1 is 0.919 bits per heavy atom. The fourth-order valence-corrected chi connectivity index (χ4v) is 11.1. The van der Waals surface area contributed by atoms with Gasteiger partial charge in [-0.3, -0.25) is 9.62 Å². The molecule has 2 N–H and O–H groups in total. The smallest absolute Gasteiger partial charge is 0.380 e. The van der Waals surface area contributed by atoms with E-state index >= 15 is 0 Å². The second-order valence-corrected chi connectivity index (χ2v) is 20.9. The highest BCUT2D eigenvalue weighted by Gasteiger charge is 2.48. The SMILES string of the molecule is CN(C)CCC(CSc1ccccc1)Nc1ccc(S(=O)(=O)Nc2ncnc3c2CCN(C2CCC(=Cc4ccccc4-c4ccc(Cl)cc4)CC2)C3)cc1S(=O)(=O)C(F)(F)F. The first-order valence-corrected chi connectivity index (χ1v) is 24.6. The van der Waals surface area contributed by atoms with Gasteiger partial charge in [-0.1, -0.05) is 77.8 Å². The Morgan fingerprint density at radius 2 is 1.63 bits per heavy atom. The summed E-state index contributed by atoms with van der Waals surface area (Å²) in [6, 6.07) is 28.2. The van der Waals surface area contributed by atoms with E-state index in [4.69, 9.17) is 11.6 Å². The third-order valence-electron chi connectivity index (χ3n) is 11.2. The summed E-state index contributed by atoms with van der Waals surface area (Å²) >= 11 is 7.60. The van der Waals surface area contributed by atoms with Crippen LogP contribution in [0, 0.1) is 0 Å². The number of sulfonamides is 1. The minimum Gasteiger partial charge on any atom is -0.380 e. The van der Waals surface area contributed by atoms with Crippen molar-refractivity contribution in [3.8, 4) is 11.1 Å². The number of halogens is 4. The van der Waals surface area contributed by atoms with Gasteiger partial charge >= 0.3 is 5.51 Å². The molecular weight excluding hydrogens is 877 g/mol. The van der Waals surface area contributed by atoms with Crippen LogP contribution in [0.3, 0.4) is 0 Å². The highest BCUT2D eigenvalue weighted by atomic mass is 35.5. The molecule has 4 aromatic carbocycles. The van der Waals surface area contributed by atoms with Crippen LogP contribution >= 0.6 is 23.4 Å². The molecular formula is C45H48ClF3N6O4S3. The summed E-state index contributed by atoms with van der Waals surface area (Å²) in [5, 5.41) is 3.69. The molecule has 1 atom stereocenters. The highest BCUT2D eigenvalue weighted by molar-refractivity contribution is 7.99. The molecule has 7 rings (SSSR count). The zero-order valence-corrected chi connectivity index (χ0v) is 37.5. The lowest BCUT2D eigenvalue weighted by molar-refractivity contribution is -0.0435. The van der Waals surface area contributed by atoms with Crippen molar-refractivity contribution in [3.63, 3.8) is 0 Å². The Hall–Kier alpha value is -4.45. The van der Waals surface area contributed by atoms with Gasteiger partial charge in [0.15, 0.2) is 0 Å². The van der Waals surface area contributed by atoms with Crippen LogP contribution < -0.4 is 10.0 Å². The molecule has 0 spiro atoms. The standard InChI is InChI=1S/C45H48ClF3N6O4S3/c1-54(2)24-22-35(29-60-37-9-4-3-5-10-37)52-41-21-20-38(27-43(41)61(56,57)45(47,48)49)62(58,59)53-44-40-23-25-55(28-42(40)50-30-51-44)36-18-12-31(13-19-36)26-33-8-6-7-11-39(33)32-14-16-34(46)17-15-32/h3-11,14-17,20-21,26-27,30,35-36,52H,12-13,18-19,22-25,28-29H2,1-2H3,(H,50,51,53). The molecule has 2 heterocycles. The number of nitrogens with zero attached hydrogens (tertiary/aromatic N) is 4. The molecule has 1 saturated carbocycles. The second-order valence-electron chi connectivity index (χ2n) is 15.8. The summed E-state index contributed by atoms with van der Waals surface area (Å²) in [7, 11) is -6.89. The molecule has 1 aliphatic carbocycles. The molecule has 2 aliphatic rings. The number of sulfone groups is 1. The Kier molecular flexibility index (Phi) is 14.3. The molecule has 1 aromatic heterocycles. The number of thioether (sulfide) groups is 1. The Bertz CT molecular complexity index is 2610. The molecule has 1 aliphatic heterocycles. The van der Waals surface area contributed by atoms with E-state index in [2.05, 4.69) is 43.1 Å². The summed E-state index contributed by atoms with van der Waals surface area (Å²) in [6.45, 7) is 1.66. The minimum absolute atomic E-state index is 0.00647. The number of benzene rings is 4. The minimum atomic E-state index is -5.98. The molecule has 1 unspecified atom stereocenters. The van der Waals surface area contributed by atoms with E-state index in [-0.39, 0.29) is 11.5 Å². The van der Waals surface area contributed by atoms with E-state index in [1.54, 1.807) is 0 Å². The molecule has 62 heavy (non-hydrogen) atoms. The maximum atomic E-state index is 14.2. The fraction of sp³-hybridized carbons (Fsp3) is 0.333. The topological polar surface area (TPSA) is 125 Å². The number of hydrogen-bond acceptors (Lipinski definition) is 10. The molecule has 328 valence electrons. The lowest BCUT2D eigenvalue weighted by Gasteiger charge is -2.38. The van der Waals surface area contributed by atoms with Crippen molar-refractivity contribution in [1.82, 2.24) is 19.8 Å². The molecule has 5 aromatic rings. The number of hydrogen-bond donors (Lipinski definition) is 2. The average molecular weight is 926 g/mol. The number of allylic oxidation sites excluding steroid dienone is 1. The van der Waals surface area contributed by atoms with Gasteiger partial charge in [0.2, 0.25) is 0 Å². The number of rotatable bonds is 15. The maximum Gasteiger partial charge on any atom is 0.501 e. The summed E-state index contributed by atoms with van der Waals surface area (Å²) in [6.07, 6.45) is 8.22. The third-order valence-corrected chi connectivity index (χ3v) is 15.5. The quantitative estimate of drug-likeness (QED) is 0.0982. The van der Waals surface area contributed by atoms with E-state index in [9.17, 15) is 30.0 Å². The first-order valence-electron chi connectivity index (χ1n) is 20.3. The van der Waals surface area contributed by atoms with Crippen molar-refractivity contribution in [1.29, 1.82) is 0 Å². The lowest BCUT2D eigenvalue weighted by atomic mass is 9.87. The van der Waals surface area contributed by atoms with Gasteiger partial charge < -0.3 is 10.2 Å². The van der Waals surface area contributed by atoms with Crippen LogP contribution in [0.2, 0.25) is 5.02 Å². The second kappa shape index (κ2) is 19.5. The predicted molar refractivity (Wildman–Crippen MR) is 242 cm³/mol. The number of alkyl halides is 3. The van der Waals surface area contributed by atoms with Gasteiger partial charge in [-0.25, -0.2) is 26.8 Å². The van der Waals surface area contributed by atoms with Gasteiger partial charge in [0.05, 0.1) is 16.3 Å². The van der Waals surface area contributed by atoms with E-state index in [0.29, 0.717) is 66.6 Å². The summed E-state index contributed by atoms with van der Waals surface area (Å²) in [4.78, 5) is 12.1. The Labute approximate surface area is 371 Å². The normalized spacial score (nSPS) is 16.8. The fourth-order valence-electron chi connectivity index (χ4n) is 7.86. The first kappa shape index (κ1) is 45.6. The van der Waals surface area contributed by atoms with Crippen LogP contribution in [0.1, 0.15) is 48.9 Å². The lowest BCUT2D eigenvalue weighted by Crippen LogP contribution is -2.41. The molecule has 10 nitrogen and oxygen atoms in total. The number of nitrogens with one attached hydrogen (secondary N) is 2. The van der Waals surface area contributed by atoms with Gasteiger partial charge in [0.1, 0.15) is 17.0 Å². The van der Waals surface area contributed by atoms with Gasteiger partial charge in [0, 0.05) is 46.4 Å². The molecule has 17 heteroatoms. The number of fused-ring (bicyclic) bond motifs is 1. The van der Waals surface area contributed by atoms with Crippen molar-refractivity contribution in [2.24, 2.45) is 0 Å².